The molecule has 0 spiro atoms. The maximum absolute atomic E-state index is 11.0. The molecule has 0 heterocycles. The van der Waals surface area contributed by atoms with Gasteiger partial charge in [0.1, 0.15) is 0 Å². The van der Waals surface area contributed by atoms with Crippen LogP contribution in [0.4, 0.5) is 0 Å². The maximum atomic E-state index is 11.0. The monoisotopic (exact) mass is 188 g/mol. The molecule has 0 saturated heterocycles. The lowest BCUT2D eigenvalue weighted by molar-refractivity contribution is -0.141. The third-order valence-corrected chi connectivity index (χ3v) is 3.54. The van der Waals surface area contributed by atoms with E-state index in [-0.39, 0.29) is 5.97 Å². The van der Waals surface area contributed by atoms with Gasteiger partial charge in [-0.05, 0) is 29.8 Å². The van der Waals surface area contributed by atoms with Crippen LogP contribution in [0.15, 0.2) is 0 Å². The van der Waals surface area contributed by atoms with Gasteiger partial charge in [0, 0.05) is 0 Å². The van der Waals surface area contributed by atoms with Gasteiger partial charge in [0.2, 0.25) is 0 Å². The number of carbonyl (C=O) groups excluding carboxylic acids is 1. The van der Waals surface area contributed by atoms with Crippen molar-refractivity contribution < 1.29 is 9.53 Å². The van der Waals surface area contributed by atoms with E-state index >= 15 is 0 Å². The highest BCUT2D eigenvalue weighted by Crippen LogP contribution is 2.51. The van der Waals surface area contributed by atoms with Crippen LogP contribution >= 0.6 is 11.8 Å². The van der Waals surface area contributed by atoms with E-state index in [9.17, 15) is 4.79 Å². The van der Waals surface area contributed by atoms with Gasteiger partial charge in [0.15, 0.2) is 0 Å². The summed E-state index contributed by atoms with van der Waals surface area (Å²) in [5.74, 6) is 2.21. The first-order chi connectivity index (χ1) is 5.72. The van der Waals surface area contributed by atoms with Gasteiger partial charge >= 0.3 is 5.97 Å². The van der Waals surface area contributed by atoms with Crippen molar-refractivity contribution in [1.82, 2.24) is 0 Å². The van der Waals surface area contributed by atoms with Crippen molar-refractivity contribution in [3.05, 3.63) is 0 Å². The SMILES string of the molecule is CCSCC1(CC(=O)OC)CC1. The molecule has 0 aliphatic heterocycles. The molecular formula is C9H16O2S. The second-order valence-corrected chi connectivity index (χ2v) is 4.66. The van der Waals surface area contributed by atoms with Gasteiger partial charge in [0.05, 0.1) is 13.5 Å². The molecule has 0 amide bonds. The summed E-state index contributed by atoms with van der Waals surface area (Å²) in [7, 11) is 1.46. The second-order valence-electron chi connectivity index (χ2n) is 3.39. The molecule has 1 rings (SSSR count). The van der Waals surface area contributed by atoms with Crippen LogP contribution in [-0.2, 0) is 9.53 Å². The second kappa shape index (κ2) is 4.17. The topological polar surface area (TPSA) is 26.3 Å². The summed E-state index contributed by atoms with van der Waals surface area (Å²) in [4.78, 5) is 11.0. The summed E-state index contributed by atoms with van der Waals surface area (Å²) in [5.41, 5.74) is 0.313. The van der Waals surface area contributed by atoms with E-state index in [4.69, 9.17) is 0 Å². The van der Waals surface area contributed by atoms with E-state index in [1.165, 1.54) is 20.0 Å². The van der Waals surface area contributed by atoms with Gasteiger partial charge in [-0.3, -0.25) is 4.79 Å². The molecule has 1 fully saturated rings. The Morgan fingerprint density at radius 3 is 2.67 bits per heavy atom. The van der Waals surface area contributed by atoms with Crippen molar-refractivity contribution >= 4 is 17.7 Å². The van der Waals surface area contributed by atoms with Crippen LogP contribution in [0.25, 0.3) is 0 Å². The summed E-state index contributed by atoms with van der Waals surface area (Å²) < 4.78 is 4.66. The first-order valence-electron chi connectivity index (χ1n) is 4.37. The van der Waals surface area contributed by atoms with E-state index < -0.39 is 0 Å². The lowest BCUT2D eigenvalue weighted by Gasteiger charge is -2.11. The predicted molar refractivity (Wildman–Crippen MR) is 51.3 cm³/mol. The zero-order chi connectivity index (χ0) is 9.03. The lowest BCUT2D eigenvalue weighted by Crippen LogP contribution is -2.13. The van der Waals surface area contributed by atoms with Crippen molar-refractivity contribution in [2.45, 2.75) is 26.2 Å². The van der Waals surface area contributed by atoms with E-state index in [1.54, 1.807) is 0 Å². The molecule has 0 N–H and O–H groups in total. The molecule has 12 heavy (non-hydrogen) atoms. The minimum atomic E-state index is -0.0517. The fourth-order valence-corrected chi connectivity index (χ4v) is 2.27. The number of esters is 1. The van der Waals surface area contributed by atoms with Crippen molar-refractivity contribution in [1.29, 1.82) is 0 Å². The molecule has 1 saturated carbocycles. The average molecular weight is 188 g/mol. The molecule has 0 atom stereocenters. The molecule has 0 bridgehead atoms. The third-order valence-electron chi connectivity index (χ3n) is 2.32. The number of hydrogen-bond acceptors (Lipinski definition) is 3. The number of hydrogen-bond donors (Lipinski definition) is 0. The molecule has 1 aliphatic rings. The summed E-state index contributed by atoms with van der Waals surface area (Å²) in [6.07, 6.45) is 3.03. The summed E-state index contributed by atoms with van der Waals surface area (Å²) in [5, 5.41) is 0. The fraction of sp³-hybridized carbons (Fsp3) is 0.889. The van der Waals surface area contributed by atoms with Crippen LogP contribution in [0.1, 0.15) is 26.2 Å². The van der Waals surface area contributed by atoms with Gasteiger partial charge in [-0.2, -0.15) is 11.8 Å². The van der Waals surface area contributed by atoms with Crippen LogP contribution in [0.3, 0.4) is 0 Å². The first-order valence-corrected chi connectivity index (χ1v) is 5.52. The van der Waals surface area contributed by atoms with Crippen molar-refractivity contribution in [2.75, 3.05) is 18.6 Å². The number of thioether (sulfide) groups is 1. The third kappa shape index (κ3) is 2.70. The van der Waals surface area contributed by atoms with Gasteiger partial charge in [-0.1, -0.05) is 6.92 Å². The molecule has 0 radical (unpaired) electrons. The van der Waals surface area contributed by atoms with E-state index in [0.29, 0.717) is 11.8 Å². The van der Waals surface area contributed by atoms with Gasteiger partial charge < -0.3 is 4.74 Å². The van der Waals surface area contributed by atoms with Gasteiger partial charge in [0.25, 0.3) is 0 Å². The Hall–Kier alpha value is -0.180. The fourth-order valence-electron chi connectivity index (χ4n) is 1.25. The van der Waals surface area contributed by atoms with Crippen LogP contribution in [0, 0.1) is 5.41 Å². The predicted octanol–water partition coefficient (Wildman–Crippen LogP) is 2.08. The zero-order valence-corrected chi connectivity index (χ0v) is 8.58. The number of carbonyl (C=O) groups is 1. The molecule has 3 heteroatoms. The Balaban J connectivity index is 2.24. The smallest absolute Gasteiger partial charge is 0.306 e. The Morgan fingerprint density at radius 1 is 1.58 bits per heavy atom. The van der Waals surface area contributed by atoms with Crippen LogP contribution in [0.2, 0.25) is 0 Å². The zero-order valence-electron chi connectivity index (χ0n) is 7.76. The highest BCUT2D eigenvalue weighted by atomic mass is 32.2. The number of methoxy groups -OCH3 is 1. The number of ether oxygens (including phenoxy) is 1. The van der Waals surface area contributed by atoms with E-state index in [1.807, 2.05) is 11.8 Å². The Kier molecular flexibility index (Phi) is 3.44. The first kappa shape index (κ1) is 9.90. The van der Waals surface area contributed by atoms with Crippen molar-refractivity contribution in [3.8, 4) is 0 Å². The highest BCUT2D eigenvalue weighted by molar-refractivity contribution is 7.99. The summed E-state index contributed by atoms with van der Waals surface area (Å²) >= 11 is 1.92. The lowest BCUT2D eigenvalue weighted by atomic mass is 10.1. The summed E-state index contributed by atoms with van der Waals surface area (Å²) in [6, 6.07) is 0. The largest absolute Gasteiger partial charge is 0.469 e. The maximum Gasteiger partial charge on any atom is 0.306 e. The molecule has 0 unspecified atom stereocenters. The standard InChI is InChI=1S/C9H16O2S/c1-3-12-7-9(4-5-9)6-8(10)11-2/h3-7H2,1-2H3. The Bertz CT molecular complexity index is 164. The van der Waals surface area contributed by atoms with E-state index in [0.717, 1.165) is 11.5 Å². The highest BCUT2D eigenvalue weighted by Gasteiger charge is 2.44. The molecule has 0 aromatic rings. The average Bonchev–Trinajstić information content (AvgIpc) is 2.82. The van der Waals surface area contributed by atoms with Crippen LogP contribution in [0.5, 0.6) is 0 Å². The molecule has 70 valence electrons. The Labute approximate surface area is 78.1 Å². The molecule has 0 aromatic carbocycles. The normalized spacial score (nSPS) is 18.8. The molecule has 1 aliphatic carbocycles. The quantitative estimate of drug-likeness (QED) is 0.618. The molecular weight excluding hydrogens is 172 g/mol. The molecule has 0 aromatic heterocycles. The van der Waals surface area contributed by atoms with Gasteiger partial charge in [-0.25, -0.2) is 0 Å². The summed E-state index contributed by atoms with van der Waals surface area (Å²) in [6.45, 7) is 2.15. The Morgan fingerprint density at radius 2 is 2.25 bits per heavy atom. The van der Waals surface area contributed by atoms with Gasteiger partial charge in [-0.15, -0.1) is 0 Å². The van der Waals surface area contributed by atoms with Crippen molar-refractivity contribution in [3.63, 3.8) is 0 Å². The number of rotatable bonds is 5. The minimum Gasteiger partial charge on any atom is -0.469 e. The van der Waals surface area contributed by atoms with Crippen molar-refractivity contribution in [2.24, 2.45) is 5.41 Å². The minimum absolute atomic E-state index is 0.0517. The van der Waals surface area contributed by atoms with Crippen LogP contribution in [-0.4, -0.2) is 24.6 Å². The molecule has 2 nitrogen and oxygen atoms in total. The van der Waals surface area contributed by atoms with Crippen LogP contribution < -0.4 is 0 Å². The van der Waals surface area contributed by atoms with E-state index in [2.05, 4.69) is 11.7 Å².